The minimum Gasteiger partial charge on any atom is -0.381 e. The lowest BCUT2D eigenvalue weighted by Gasteiger charge is -2.36. The third kappa shape index (κ3) is 5.31. The van der Waals surface area contributed by atoms with E-state index in [9.17, 15) is 0 Å². The summed E-state index contributed by atoms with van der Waals surface area (Å²) in [5.41, 5.74) is 0. The molecule has 1 fully saturated rings. The van der Waals surface area contributed by atoms with Crippen molar-refractivity contribution in [3.8, 4) is 0 Å². The molecule has 0 aromatic heterocycles. The molecule has 0 aromatic carbocycles. The van der Waals surface area contributed by atoms with Crippen LogP contribution in [0, 0.1) is 17.8 Å². The second-order valence-corrected chi connectivity index (χ2v) is 4.84. The van der Waals surface area contributed by atoms with Crippen LogP contribution in [0.1, 0.15) is 47.0 Å². The van der Waals surface area contributed by atoms with Crippen LogP contribution in [0.3, 0.4) is 0 Å². The smallest absolute Gasteiger partial charge is 0.116 e. The largest absolute Gasteiger partial charge is 0.381 e. The average Bonchev–Trinajstić information content (AvgIpc) is 2.18. The quantitative estimate of drug-likeness (QED) is 0.659. The molecule has 1 aliphatic rings. The Morgan fingerprint density at radius 1 is 1.33 bits per heavy atom. The molecule has 0 radical (unpaired) electrons. The number of hydrogen-bond donors (Lipinski definition) is 0. The van der Waals surface area contributed by atoms with Gasteiger partial charge in [-0.1, -0.05) is 27.2 Å². The predicted octanol–water partition coefficient (Wildman–Crippen LogP) is 3.30. The van der Waals surface area contributed by atoms with Crippen LogP contribution in [0.5, 0.6) is 0 Å². The van der Waals surface area contributed by atoms with Crippen LogP contribution in [-0.2, 0) is 9.53 Å². The third-order valence-electron chi connectivity index (χ3n) is 3.26. The topological polar surface area (TPSA) is 26.3 Å². The molecule has 15 heavy (non-hydrogen) atoms. The van der Waals surface area contributed by atoms with Gasteiger partial charge in [-0.15, -0.1) is 0 Å². The first kappa shape index (κ1) is 14.6. The Hall–Kier alpha value is -0.370. The van der Waals surface area contributed by atoms with Gasteiger partial charge in [0.1, 0.15) is 6.29 Å². The average molecular weight is 214 g/mol. The number of ether oxygens (including phenoxy) is 1. The highest BCUT2D eigenvalue weighted by molar-refractivity contribution is 5.44. The van der Waals surface area contributed by atoms with Gasteiger partial charge >= 0.3 is 0 Å². The number of carbonyl (C=O) groups is 1. The van der Waals surface area contributed by atoms with Crippen molar-refractivity contribution in [3.05, 3.63) is 0 Å². The van der Waals surface area contributed by atoms with Gasteiger partial charge in [0.05, 0.1) is 6.10 Å². The molecule has 0 amide bonds. The molecule has 2 nitrogen and oxygen atoms in total. The first-order valence-electron chi connectivity index (χ1n) is 5.99. The Morgan fingerprint density at radius 3 is 2.27 bits per heavy atom. The maximum atomic E-state index is 8.81. The number of rotatable bonds is 2. The minimum absolute atomic E-state index is 0.522. The Balaban J connectivity index is 0.000000583. The van der Waals surface area contributed by atoms with Gasteiger partial charge in [-0.25, -0.2) is 0 Å². The highest BCUT2D eigenvalue weighted by Gasteiger charge is 2.30. The zero-order valence-electron chi connectivity index (χ0n) is 10.8. The van der Waals surface area contributed by atoms with Crippen LogP contribution in [0.25, 0.3) is 0 Å². The molecular formula is C13H26O2. The van der Waals surface area contributed by atoms with Crippen molar-refractivity contribution in [2.75, 3.05) is 7.11 Å². The number of hydrogen-bond acceptors (Lipinski definition) is 2. The lowest BCUT2D eigenvalue weighted by molar-refractivity contribution is -0.106. The summed E-state index contributed by atoms with van der Waals surface area (Å²) in [6.07, 6.45) is 5.29. The molecule has 0 aliphatic heterocycles. The van der Waals surface area contributed by atoms with Crippen molar-refractivity contribution < 1.29 is 9.53 Å². The van der Waals surface area contributed by atoms with Gasteiger partial charge in [-0.2, -0.15) is 0 Å². The van der Waals surface area contributed by atoms with Crippen molar-refractivity contribution >= 4 is 6.29 Å². The fraction of sp³-hybridized carbons (Fsp3) is 0.923. The normalized spacial score (nSPS) is 30.7. The molecule has 90 valence electrons. The molecule has 0 N–H and O–H groups in total. The van der Waals surface area contributed by atoms with Crippen molar-refractivity contribution in [2.24, 2.45) is 17.8 Å². The number of methoxy groups -OCH3 is 1. The van der Waals surface area contributed by atoms with E-state index in [4.69, 9.17) is 9.53 Å². The summed E-state index contributed by atoms with van der Waals surface area (Å²) in [7, 11) is 1.86. The van der Waals surface area contributed by atoms with E-state index in [1.807, 2.05) is 7.11 Å². The van der Waals surface area contributed by atoms with Gasteiger partial charge in [0.15, 0.2) is 0 Å². The maximum Gasteiger partial charge on any atom is 0.116 e. The Labute approximate surface area is 94.4 Å². The Kier molecular flexibility index (Phi) is 7.67. The van der Waals surface area contributed by atoms with E-state index in [1.165, 1.54) is 26.2 Å². The van der Waals surface area contributed by atoms with Gasteiger partial charge in [-0.05, 0) is 37.5 Å². The summed E-state index contributed by atoms with van der Waals surface area (Å²) in [6, 6.07) is 0. The predicted molar refractivity (Wildman–Crippen MR) is 63.9 cm³/mol. The molecule has 2 heteroatoms. The molecule has 0 saturated heterocycles. The molecular weight excluding hydrogens is 188 g/mol. The molecule has 1 saturated carbocycles. The van der Waals surface area contributed by atoms with Crippen LogP contribution < -0.4 is 0 Å². The molecule has 0 aromatic rings. The first-order valence-corrected chi connectivity index (χ1v) is 5.99. The van der Waals surface area contributed by atoms with E-state index >= 15 is 0 Å². The van der Waals surface area contributed by atoms with Gasteiger partial charge < -0.3 is 9.53 Å². The van der Waals surface area contributed by atoms with Gasteiger partial charge in [0, 0.05) is 7.11 Å². The second kappa shape index (κ2) is 7.86. The summed E-state index contributed by atoms with van der Waals surface area (Å²) >= 11 is 0. The van der Waals surface area contributed by atoms with Gasteiger partial charge in [0.25, 0.3) is 0 Å². The summed E-state index contributed by atoms with van der Waals surface area (Å²) in [5, 5.41) is 0. The SMILES string of the molecule is CC=O.COC1CC(C)CCC1C(C)C. The molecule has 1 rings (SSSR count). The molecule has 0 bridgehead atoms. The lowest BCUT2D eigenvalue weighted by atomic mass is 9.75. The van der Waals surface area contributed by atoms with Crippen molar-refractivity contribution in [1.29, 1.82) is 0 Å². The van der Waals surface area contributed by atoms with Gasteiger partial charge in [-0.3, -0.25) is 0 Å². The minimum atomic E-state index is 0.522. The van der Waals surface area contributed by atoms with Crippen LogP contribution >= 0.6 is 0 Å². The Morgan fingerprint density at radius 2 is 1.87 bits per heavy atom. The van der Waals surface area contributed by atoms with Crippen molar-refractivity contribution in [1.82, 2.24) is 0 Å². The van der Waals surface area contributed by atoms with E-state index < -0.39 is 0 Å². The van der Waals surface area contributed by atoms with Crippen LogP contribution in [0.2, 0.25) is 0 Å². The zero-order valence-corrected chi connectivity index (χ0v) is 10.8. The van der Waals surface area contributed by atoms with E-state index in [0.29, 0.717) is 6.10 Å². The fourth-order valence-corrected chi connectivity index (χ4v) is 2.39. The van der Waals surface area contributed by atoms with E-state index in [2.05, 4.69) is 20.8 Å². The highest BCUT2D eigenvalue weighted by atomic mass is 16.5. The molecule has 3 unspecified atom stereocenters. The van der Waals surface area contributed by atoms with Crippen LogP contribution in [0.15, 0.2) is 0 Å². The van der Waals surface area contributed by atoms with Crippen molar-refractivity contribution in [2.45, 2.75) is 53.1 Å². The number of aldehydes is 1. The molecule has 1 aliphatic carbocycles. The molecule has 0 heterocycles. The van der Waals surface area contributed by atoms with E-state index in [-0.39, 0.29) is 0 Å². The van der Waals surface area contributed by atoms with Crippen LogP contribution in [-0.4, -0.2) is 19.5 Å². The van der Waals surface area contributed by atoms with Crippen LogP contribution in [0.4, 0.5) is 0 Å². The lowest BCUT2D eigenvalue weighted by Crippen LogP contribution is -2.33. The first-order chi connectivity index (χ1) is 7.06. The molecule has 3 atom stereocenters. The summed E-state index contributed by atoms with van der Waals surface area (Å²) in [6.45, 7) is 8.40. The number of carbonyl (C=O) groups excluding carboxylic acids is 1. The zero-order chi connectivity index (χ0) is 11.8. The van der Waals surface area contributed by atoms with E-state index in [1.54, 1.807) is 0 Å². The fourth-order valence-electron chi connectivity index (χ4n) is 2.39. The van der Waals surface area contributed by atoms with Gasteiger partial charge in [0.2, 0.25) is 0 Å². The monoisotopic (exact) mass is 214 g/mol. The van der Waals surface area contributed by atoms with Crippen molar-refractivity contribution in [3.63, 3.8) is 0 Å². The maximum absolute atomic E-state index is 8.81. The summed E-state index contributed by atoms with van der Waals surface area (Å²) < 4.78 is 5.54. The summed E-state index contributed by atoms with van der Waals surface area (Å²) in [4.78, 5) is 8.81. The van der Waals surface area contributed by atoms with E-state index in [0.717, 1.165) is 24.0 Å². The Bertz CT molecular complexity index is 166. The highest BCUT2D eigenvalue weighted by Crippen LogP contribution is 2.34. The molecule has 0 spiro atoms. The second-order valence-electron chi connectivity index (χ2n) is 4.84. The summed E-state index contributed by atoms with van der Waals surface area (Å²) in [5.74, 6) is 2.44. The third-order valence-corrected chi connectivity index (χ3v) is 3.26. The standard InChI is InChI=1S/C11H22O.C2H4O/c1-8(2)10-6-5-9(3)7-11(10)12-4;1-2-3/h8-11H,5-7H2,1-4H3;2H,1H3.